The second-order valence-corrected chi connectivity index (χ2v) is 4.97. The van der Waals surface area contributed by atoms with Crippen molar-refractivity contribution in [3.63, 3.8) is 0 Å². The standard InChI is InChI=1S/C15H19BClN4O2/c1-10(22)3-2-8-23-12-6-4-11(5-7-12)20-14(13(19)9-18)21-15(16)17/h4-7,9,22H,1-3,8,18-19H2,(H,20,21)/b13-9+. The summed E-state index contributed by atoms with van der Waals surface area (Å²) < 4.78 is 5.53. The molecule has 0 saturated heterocycles. The summed E-state index contributed by atoms with van der Waals surface area (Å²) in [6.07, 6.45) is 2.39. The first kappa shape index (κ1) is 18.6. The number of aliphatic hydroxyl groups excluding tert-OH is 1. The maximum absolute atomic E-state index is 8.98. The molecule has 0 heterocycles. The van der Waals surface area contributed by atoms with Crippen molar-refractivity contribution in [1.82, 2.24) is 5.32 Å². The summed E-state index contributed by atoms with van der Waals surface area (Å²) in [5.74, 6) is 1.09. The van der Waals surface area contributed by atoms with Crippen LogP contribution in [0, 0.1) is 0 Å². The van der Waals surface area contributed by atoms with E-state index in [1.165, 1.54) is 6.20 Å². The molecule has 1 aromatic rings. The van der Waals surface area contributed by atoms with Crippen LogP contribution in [0.4, 0.5) is 5.69 Å². The molecular formula is C15H19BClN4O2. The Kier molecular flexibility index (Phi) is 7.76. The molecule has 0 aliphatic rings. The Morgan fingerprint density at radius 3 is 2.61 bits per heavy atom. The zero-order valence-electron chi connectivity index (χ0n) is 12.6. The molecule has 6 N–H and O–H groups in total. The van der Waals surface area contributed by atoms with Gasteiger partial charge < -0.3 is 5.11 Å². The Balaban J connectivity index is 2.72. The normalized spacial score (nSPS) is 11.8. The molecule has 0 saturated carbocycles. The van der Waals surface area contributed by atoms with Crippen molar-refractivity contribution in [2.75, 3.05) is 6.61 Å². The van der Waals surface area contributed by atoms with Crippen LogP contribution in [-0.4, -0.2) is 30.1 Å². The summed E-state index contributed by atoms with van der Waals surface area (Å²) in [7, 11) is 5.38. The molecular weight excluding hydrogens is 314 g/mol. The van der Waals surface area contributed by atoms with Crippen LogP contribution < -0.4 is 21.5 Å². The number of allylic oxidation sites excluding steroid dienone is 1. The number of hydrogen-bond donors (Lipinski definition) is 4. The first-order valence-corrected chi connectivity index (χ1v) is 7.21. The average Bonchev–Trinajstić information content (AvgIpc) is 2.51. The van der Waals surface area contributed by atoms with Crippen LogP contribution in [0.25, 0.3) is 0 Å². The molecule has 0 unspecified atom stereocenters. The van der Waals surface area contributed by atoms with Crippen LogP contribution >= 0.6 is 11.6 Å². The molecule has 6 nitrogen and oxygen atoms in total. The van der Waals surface area contributed by atoms with Gasteiger partial charge in [-0.2, -0.15) is 0 Å². The van der Waals surface area contributed by atoms with E-state index in [0.717, 1.165) is 0 Å². The number of ether oxygens (including phenoxy) is 1. The van der Waals surface area contributed by atoms with Crippen LogP contribution in [0.3, 0.4) is 0 Å². The number of halogens is 1. The van der Waals surface area contributed by atoms with Crippen molar-refractivity contribution < 1.29 is 9.84 Å². The summed E-state index contributed by atoms with van der Waals surface area (Å²) in [4.78, 5) is 4.28. The minimum atomic E-state index is -0.0704. The summed E-state index contributed by atoms with van der Waals surface area (Å²) in [6, 6.07) is 7.02. The van der Waals surface area contributed by atoms with Gasteiger partial charge in [-0.05, 0) is 0 Å². The summed E-state index contributed by atoms with van der Waals surface area (Å²) in [5, 5.41) is 11.5. The van der Waals surface area contributed by atoms with Gasteiger partial charge in [-0.3, -0.25) is 0 Å². The number of amidine groups is 1. The number of nitrogens with one attached hydrogen (secondary N) is 1. The van der Waals surface area contributed by atoms with Gasteiger partial charge in [0.2, 0.25) is 0 Å². The van der Waals surface area contributed by atoms with Crippen LogP contribution in [0.15, 0.2) is 53.5 Å². The number of aliphatic hydroxyl groups is 1. The van der Waals surface area contributed by atoms with Crippen molar-refractivity contribution >= 4 is 35.7 Å². The van der Waals surface area contributed by atoms with Gasteiger partial charge in [0.1, 0.15) is 0 Å². The molecule has 23 heavy (non-hydrogen) atoms. The predicted octanol–water partition coefficient (Wildman–Crippen LogP) is 1.79. The average molecular weight is 334 g/mol. The topological polar surface area (TPSA) is 106 Å². The Morgan fingerprint density at radius 2 is 2.09 bits per heavy atom. The van der Waals surface area contributed by atoms with Crippen molar-refractivity contribution in [2.24, 2.45) is 16.5 Å². The molecule has 121 valence electrons. The van der Waals surface area contributed by atoms with Gasteiger partial charge in [-0.15, -0.1) is 0 Å². The minimum absolute atomic E-state index is 0.0704. The number of aliphatic imine (C=N–C) groups is 1. The van der Waals surface area contributed by atoms with Gasteiger partial charge in [0, 0.05) is 0 Å². The van der Waals surface area contributed by atoms with Crippen LogP contribution in [-0.2, 0) is 0 Å². The van der Waals surface area contributed by atoms with Crippen molar-refractivity contribution in [1.29, 1.82) is 0 Å². The van der Waals surface area contributed by atoms with E-state index in [1.807, 2.05) is 0 Å². The zero-order chi connectivity index (χ0) is 17.2. The summed E-state index contributed by atoms with van der Waals surface area (Å²) >= 11 is 5.59. The second kappa shape index (κ2) is 9.58. The molecule has 1 radical (unpaired) electrons. The molecule has 1 rings (SSSR count). The monoisotopic (exact) mass is 333 g/mol. The molecule has 8 heteroatoms. The molecule has 0 aromatic heterocycles. The number of hydrogen-bond acceptors (Lipinski definition) is 5. The number of benzene rings is 1. The SMILES string of the molecule is [B]=C(Cl)NC(=Nc1ccc(OCCCC(=C)O)cc1)/C(N)=C\N. The Bertz CT molecular complexity index is 614. The molecule has 0 aliphatic carbocycles. The molecule has 0 aliphatic heterocycles. The summed E-state index contributed by atoms with van der Waals surface area (Å²) in [6.45, 7) is 3.90. The number of nitrogens with zero attached hydrogens (tertiary/aromatic N) is 1. The van der Waals surface area contributed by atoms with Crippen LogP contribution in [0.5, 0.6) is 5.75 Å². The number of nitrogens with two attached hydrogens (primary N) is 2. The van der Waals surface area contributed by atoms with Gasteiger partial charge in [0.15, 0.2) is 0 Å². The van der Waals surface area contributed by atoms with Crippen LogP contribution in [0.2, 0.25) is 0 Å². The van der Waals surface area contributed by atoms with Gasteiger partial charge in [0.05, 0.1) is 5.76 Å². The maximum atomic E-state index is 8.98. The third-order valence-electron chi connectivity index (χ3n) is 2.65. The van der Waals surface area contributed by atoms with Crippen molar-refractivity contribution in [3.05, 3.63) is 48.5 Å². The Morgan fingerprint density at radius 1 is 1.43 bits per heavy atom. The second-order valence-electron chi connectivity index (χ2n) is 4.57. The Hall–Kier alpha value is -2.41. The fraction of sp³-hybridized carbons (Fsp3) is 0.200. The van der Waals surface area contributed by atoms with Crippen LogP contribution in [0.1, 0.15) is 12.8 Å². The third kappa shape index (κ3) is 7.42. The first-order valence-electron chi connectivity index (χ1n) is 6.83. The van der Waals surface area contributed by atoms with E-state index in [1.54, 1.807) is 24.3 Å². The molecule has 0 bridgehead atoms. The molecule has 0 amide bonds. The predicted molar refractivity (Wildman–Crippen MR) is 96.2 cm³/mol. The molecule has 0 fully saturated rings. The van der Waals surface area contributed by atoms with Crippen molar-refractivity contribution in [2.45, 2.75) is 12.8 Å². The van der Waals surface area contributed by atoms with Gasteiger partial charge in [0.25, 0.3) is 0 Å². The molecule has 0 spiro atoms. The fourth-order valence-corrected chi connectivity index (χ4v) is 1.66. The van der Waals surface area contributed by atoms with Gasteiger partial charge >= 0.3 is 124 Å². The van der Waals surface area contributed by atoms with E-state index in [2.05, 4.69) is 16.9 Å². The van der Waals surface area contributed by atoms with E-state index >= 15 is 0 Å². The van der Waals surface area contributed by atoms with Gasteiger partial charge in [-0.25, -0.2) is 0 Å². The molecule has 1 aromatic carbocycles. The number of rotatable bonds is 8. The Labute approximate surface area is 141 Å². The fourth-order valence-electron chi connectivity index (χ4n) is 1.57. The van der Waals surface area contributed by atoms with E-state index < -0.39 is 0 Å². The molecule has 0 atom stereocenters. The van der Waals surface area contributed by atoms with E-state index in [0.29, 0.717) is 30.9 Å². The first-order chi connectivity index (χ1) is 10.9. The zero-order valence-corrected chi connectivity index (χ0v) is 13.4. The summed E-state index contributed by atoms with van der Waals surface area (Å²) in [5.41, 5.74) is 11.9. The van der Waals surface area contributed by atoms with E-state index in [-0.39, 0.29) is 22.3 Å². The van der Waals surface area contributed by atoms with Gasteiger partial charge in [-0.1, -0.05) is 6.58 Å². The third-order valence-corrected chi connectivity index (χ3v) is 2.74. The van der Waals surface area contributed by atoms with Crippen molar-refractivity contribution in [3.8, 4) is 5.75 Å². The van der Waals surface area contributed by atoms with E-state index in [4.69, 9.17) is 40.4 Å². The quantitative estimate of drug-likeness (QED) is 0.145. The van der Waals surface area contributed by atoms with E-state index in [9.17, 15) is 0 Å².